The summed E-state index contributed by atoms with van der Waals surface area (Å²) in [5.41, 5.74) is 2.28. The molecule has 0 spiro atoms. The average Bonchev–Trinajstić information content (AvgIpc) is 3.41. The van der Waals surface area contributed by atoms with Crippen molar-refractivity contribution in [1.29, 1.82) is 0 Å². The lowest BCUT2D eigenvalue weighted by atomic mass is 10.2. The largest absolute Gasteiger partial charge is 0.460 e. The molecule has 9 nitrogen and oxygen atoms in total. The molecule has 0 radical (unpaired) electrons. The van der Waals surface area contributed by atoms with Crippen molar-refractivity contribution in [2.75, 3.05) is 32.4 Å². The number of aromatic nitrogens is 3. The molecule has 4 rings (SSSR count). The fraction of sp³-hybridized carbons (Fsp3) is 0.318. The number of ether oxygens (including phenoxy) is 4. The van der Waals surface area contributed by atoms with Crippen molar-refractivity contribution in [2.45, 2.75) is 13.8 Å². The van der Waals surface area contributed by atoms with Gasteiger partial charge in [-0.25, -0.2) is 4.68 Å². The third-order valence-corrected chi connectivity index (χ3v) is 4.64. The van der Waals surface area contributed by atoms with Crippen molar-refractivity contribution in [1.82, 2.24) is 14.8 Å². The summed E-state index contributed by atoms with van der Waals surface area (Å²) >= 11 is 0. The SMILES string of the molecule is COCCOc1nc(-c2ccc3c(c2)OCO3)n(-c2ccc(NC(=O)C(C)C)cc2)n1. The normalized spacial score (nSPS) is 12.3. The number of carbonyl (C=O) groups excluding carboxylic acids is 1. The quantitative estimate of drug-likeness (QED) is 0.554. The van der Waals surface area contributed by atoms with Crippen LogP contribution in [-0.2, 0) is 9.53 Å². The fourth-order valence-corrected chi connectivity index (χ4v) is 2.95. The first kappa shape index (κ1) is 20.7. The smallest absolute Gasteiger partial charge is 0.336 e. The van der Waals surface area contributed by atoms with Crippen LogP contribution in [-0.4, -0.2) is 47.8 Å². The molecule has 3 aromatic rings. The van der Waals surface area contributed by atoms with Crippen molar-refractivity contribution in [3.8, 4) is 34.6 Å². The van der Waals surface area contributed by atoms with Crippen LogP contribution >= 0.6 is 0 Å². The third kappa shape index (κ3) is 4.61. The van der Waals surface area contributed by atoms with Gasteiger partial charge in [-0.1, -0.05) is 13.8 Å². The van der Waals surface area contributed by atoms with E-state index >= 15 is 0 Å². The van der Waals surface area contributed by atoms with Gasteiger partial charge in [0.05, 0.1) is 12.3 Å². The number of fused-ring (bicyclic) bond motifs is 1. The highest BCUT2D eigenvalue weighted by molar-refractivity contribution is 5.92. The zero-order valence-corrected chi connectivity index (χ0v) is 17.6. The highest BCUT2D eigenvalue weighted by atomic mass is 16.7. The predicted molar refractivity (Wildman–Crippen MR) is 114 cm³/mol. The molecule has 1 amide bonds. The van der Waals surface area contributed by atoms with Gasteiger partial charge in [0.1, 0.15) is 6.61 Å². The Hall–Kier alpha value is -3.59. The Balaban J connectivity index is 1.66. The van der Waals surface area contributed by atoms with Crippen molar-refractivity contribution in [3.63, 3.8) is 0 Å². The van der Waals surface area contributed by atoms with Crippen LogP contribution in [0.1, 0.15) is 13.8 Å². The summed E-state index contributed by atoms with van der Waals surface area (Å²) in [5, 5.41) is 7.39. The molecule has 1 aromatic heterocycles. The average molecular weight is 424 g/mol. The van der Waals surface area contributed by atoms with E-state index in [1.165, 1.54) is 0 Å². The van der Waals surface area contributed by atoms with Gasteiger partial charge in [0, 0.05) is 24.3 Å². The molecule has 0 saturated carbocycles. The number of benzene rings is 2. The summed E-state index contributed by atoms with van der Waals surface area (Å²) in [6.45, 7) is 4.66. The van der Waals surface area contributed by atoms with Crippen molar-refractivity contribution in [3.05, 3.63) is 42.5 Å². The number of amides is 1. The molecule has 1 aliphatic rings. The summed E-state index contributed by atoms with van der Waals surface area (Å²) in [6.07, 6.45) is 0. The van der Waals surface area contributed by atoms with Crippen LogP contribution in [0.5, 0.6) is 17.5 Å². The van der Waals surface area contributed by atoms with E-state index in [2.05, 4.69) is 15.4 Å². The lowest BCUT2D eigenvalue weighted by Gasteiger charge is -2.10. The molecule has 0 bridgehead atoms. The van der Waals surface area contributed by atoms with Crippen LogP contribution in [0, 0.1) is 5.92 Å². The van der Waals surface area contributed by atoms with Gasteiger partial charge < -0.3 is 24.3 Å². The Morgan fingerprint density at radius 3 is 2.65 bits per heavy atom. The topological polar surface area (TPSA) is 96.7 Å². The highest BCUT2D eigenvalue weighted by Gasteiger charge is 2.19. The summed E-state index contributed by atoms with van der Waals surface area (Å²) in [7, 11) is 1.60. The van der Waals surface area contributed by atoms with Gasteiger partial charge in [-0.05, 0) is 42.5 Å². The predicted octanol–water partition coefficient (Wildman–Crippen LogP) is 3.28. The van der Waals surface area contributed by atoms with E-state index in [1.54, 1.807) is 11.8 Å². The molecule has 9 heteroatoms. The van der Waals surface area contributed by atoms with E-state index in [0.29, 0.717) is 36.2 Å². The number of methoxy groups -OCH3 is 1. The number of carbonyl (C=O) groups is 1. The monoisotopic (exact) mass is 424 g/mol. The van der Waals surface area contributed by atoms with E-state index in [-0.39, 0.29) is 24.6 Å². The summed E-state index contributed by atoms with van der Waals surface area (Å²) in [4.78, 5) is 16.5. The van der Waals surface area contributed by atoms with Crippen LogP contribution in [0.2, 0.25) is 0 Å². The maximum atomic E-state index is 11.9. The van der Waals surface area contributed by atoms with E-state index in [4.69, 9.17) is 18.9 Å². The van der Waals surface area contributed by atoms with Crippen molar-refractivity contribution in [2.24, 2.45) is 5.92 Å². The maximum Gasteiger partial charge on any atom is 0.336 e. The maximum absolute atomic E-state index is 11.9. The minimum absolute atomic E-state index is 0.0385. The van der Waals surface area contributed by atoms with Gasteiger partial charge in [0.25, 0.3) is 0 Å². The van der Waals surface area contributed by atoms with E-state index < -0.39 is 0 Å². The first-order valence-corrected chi connectivity index (χ1v) is 9.95. The van der Waals surface area contributed by atoms with Gasteiger partial charge in [0.2, 0.25) is 12.7 Å². The molecule has 0 saturated heterocycles. The van der Waals surface area contributed by atoms with Gasteiger partial charge >= 0.3 is 6.01 Å². The molecule has 0 atom stereocenters. The minimum Gasteiger partial charge on any atom is -0.460 e. The number of anilines is 1. The van der Waals surface area contributed by atoms with E-state index in [1.807, 2.05) is 56.3 Å². The van der Waals surface area contributed by atoms with Crippen molar-refractivity contribution < 1.29 is 23.7 Å². The second kappa shape index (κ2) is 9.05. The lowest BCUT2D eigenvalue weighted by molar-refractivity contribution is -0.118. The molecule has 1 aliphatic heterocycles. The molecule has 0 aliphatic carbocycles. The molecule has 2 aromatic carbocycles. The van der Waals surface area contributed by atoms with Crippen LogP contribution in [0.25, 0.3) is 17.1 Å². The van der Waals surface area contributed by atoms with Gasteiger partial charge in [0.15, 0.2) is 17.3 Å². The number of nitrogens with one attached hydrogen (secondary N) is 1. The molecule has 162 valence electrons. The zero-order chi connectivity index (χ0) is 21.8. The van der Waals surface area contributed by atoms with Crippen LogP contribution in [0.4, 0.5) is 5.69 Å². The Labute approximate surface area is 179 Å². The molecule has 0 unspecified atom stereocenters. The second-order valence-electron chi connectivity index (χ2n) is 7.23. The Kier molecular flexibility index (Phi) is 6.03. The molecular weight excluding hydrogens is 400 g/mol. The Morgan fingerprint density at radius 2 is 1.90 bits per heavy atom. The Bertz CT molecular complexity index is 1060. The van der Waals surface area contributed by atoms with Crippen LogP contribution in [0.15, 0.2) is 42.5 Å². The van der Waals surface area contributed by atoms with Gasteiger partial charge in [-0.2, -0.15) is 4.98 Å². The summed E-state index contributed by atoms with van der Waals surface area (Å²) < 4.78 is 23.2. The van der Waals surface area contributed by atoms with Gasteiger partial charge in [-0.3, -0.25) is 4.79 Å². The number of hydrogen-bond acceptors (Lipinski definition) is 7. The summed E-state index contributed by atoms with van der Waals surface area (Å²) in [5.74, 6) is 1.80. The van der Waals surface area contributed by atoms with E-state index in [0.717, 1.165) is 11.3 Å². The fourth-order valence-electron chi connectivity index (χ4n) is 2.95. The molecular formula is C22H24N4O5. The molecule has 2 heterocycles. The zero-order valence-electron chi connectivity index (χ0n) is 17.6. The van der Waals surface area contributed by atoms with E-state index in [9.17, 15) is 4.79 Å². The van der Waals surface area contributed by atoms with Crippen LogP contribution in [0.3, 0.4) is 0 Å². The molecule has 31 heavy (non-hydrogen) atoms. The highest BCUT2D eigenvalue weighted by Crippen LogP contribution is 2.36. The number of nitrogens with zero attached hydrogens (tertiary/aromatic N) is 3. The molecule has 0 fully saturated rings. The molecule has 1 N–H and O–H groups in total. The standard InChI is InChI=1S/C22H24N4O5/c1-14(2)21(27)23-16-5-7-17(8-6-16)26-20(24-22(25-26)29-11-10-28-3)15-4-9-18-19(12-15)31-13-30-18/h4-9,12,14H,10-11,13H2,1-3H3,(H,23,27). The van der Waals surface area contributed by atoms with Crippen LogP contribution < -0.4 is 19.5 Å². The van der Waals surface area contributed by atoms with Crippen molar-refractivity contribution >= 4 is 11.6 Å². The third-order valence-electron chi connectivity index (χ3n) is 4.64. The lowest BCUT2D eigenvalue weighted by Crippen LogP contribution is -2.17. The first-order chi connectivity index (χ1) is 15.0. The van der Waals surface area contributed by atoms with Gasteiger partial charge in [-0.15, -0.1) is 5.10 Å². The summed E-state index contributed by atoms with van der Waals surface area (Å²) in [6, 6.07) is 13.2. The number of rotatable bonds is 8. The minimum atomic E-state index is -0.0978. The second-order valence-corrected chi connectivity index (χ2v) is 7.23. The number of hydrogen-bond donors (Lipinski definition) is 1. The Morgan fingerprint density at radius 1 is 1.13 bits per heavy atom. The first-order valence-electron chi connectivity index (χ1n) is 9.95.